The van der Waals surface area contributed by atoms with Crippen LogP contribution < -0.4 is 5.32 Å². The second-order valence-electron chi connectivity index (χ2n) is 12.3. The highest BCUT2D eigenvalue weighted by molar-refractivity contribution is 5.81. The maximum absolute atomic E-state index is 12.3. The van der Waals surface area contributed by atoms with Gasteiger partial charge in [-0.1, -0.05) is 67.2 Å². The summed E-state index contributed by atoms with van der Waals surface area (Å²) in [6.45, 7) is 25.4. The zero-order valence-corrected chi connectivity index (χ0v) is 22.4. The molecule has 0 saturated carbocycles. The predicted molar refractivity (Wildman–Crippen MR) is 135 cm³/mol. The van der Waals surface area contributed by atoms with E-state index in [9.17, 15) is 9.59 Å². The first-order chi connectivity index (χ1) is 15.1. The second-order valence-corrected chi connectivity index (χ2v) is 12.3. The molecule has 0 spiro atoms. The molecule has 1 fully saturated rings. The number of hydrogen-bond donors (Lipinski definition) is 1. The molecule has 1 saturated heterocycles. The van der Waals surface area contributed by atoms with E-state index < -0.39 is 0 Å². The van der Waals surface area contributed by atoms with Crippen LogP contribution in [0.15, 0.2) is 24.4 Å². The topological polar surface area (TPSA) is 67.9 Å². The number of methoxy groups -OCH3 is 1. The minimum atomic E-state index is -0.368. The molecule has 2 amide bonds. The Labute approximate surface area is 202 Å². The van der Waals surface area contributed by atoms with E-state index >= 15 is 0 Å². The summed E-state index contributed by atoms with van der Waals surface area (Å²) in [4.78, 5) is 26.0. The van der Waals surface area contributed by atoms with Gasteiger partial charge >= 0.3 is 6.09 Å². The number of nitrogens with zero attached hydrogens (tertiary/aromatic N) is 1. The Morgan fingerprint density at radius 2 is 1.70 bits per heavy atom. The van der Waals surface area contributed by atoms with Crippen molar-refractivity contribution in [2.24, 2.45) is 22.2 Å². The summed E-state index contributed by atoms with van der Waals surface area (Å²) in [6.07, 6.45) is 3.58. The molecule has 190 valence electrons. The number of carbonyl (C=O) groups is 2. The first kappa shape index (κ1) is 29.2. The molecule has 0 aromatic carbocycles. The van der Waals surface area contributed by atoms with Crippen LogP contribution in [0.3, 0.4) is 0 Å². The molecule has 1 unspecified atom stereocenters. The third kappa shape index (κ3) is 11.2. The zero-order valence-electron chi connectivity index (χ0n) is 22.4. The van der Waals surface area contributed by atoms with Gasteiger partial charge < -0.3 is 19.7 Å². The fourth-order valence-electron chi connectivity index (χ4n) is 5.30. The number of nitrogens with one attached hydrogen (secondary N) is 1. The molecule has 6 heteroatoms. The van der Waals surface area contributed by atoms with Crippen LogP contribution in [0.5, 0.6) is 0 Å². The van der Waals surface area contributed by atoms with Crippen molar-refractivity contribution in [1.29, 1.82) is 0 Å². The Morgan fingerprint density at radius 1 is 1.09 bits per heavy atom. The Balaban J connectivity index is 2.39. The van der Waals surface area contributed by atoms with Crippen molar-refractivity contribution in [2.45, 2.75) is 80.6 Å². The van der Waals surface area contributed by atoms with Gasteiger partial charge in [0, 0.05) is 32.3 Å². The fourth-order valence-corrected chi connectivity index (χ4v) is 5.30. The number of amides is 2. The summed E-state index contributed by atoms with van der Waals surface area (Å²) in [6, 6.07) is 0. The van der Waals surface area contributed by atoms with Gasteiger partial charge in [0.15, 0.2) is 0 Å². The number of allylic oxidation sites excluding steroid dienone is 1. The molecule has 1 aliphatic heterocycles. The Kier molecular flexibility index (Phi) is 10.7. The van der Waals surface area contributed by atoms with Gasteiger partial charge in [-0.2, -0.15) is 0 Å². The maximum Gasteiger partial charge on any atom is 0.407 e. The van der Waals surface area contributed by atoms with Crippen molar-refractivity contribution >= 4 is 12.0 Å². The first-order valence-corrected chi connectivity index (χ1v) is 12.1. The molecule has 0 bridgehead atoms. The molecule has 1 atom stereocenters. The number of likely N-dealkylation sites (tertiary alicyclic amines) is 1. The van der Waals surface area contributed by atoms with E-state index in [0.717, 1.165) is 37.0 Å². The van der Waals surface area contributed by atoms with E-state index in [2.05, 4.69) is 66.9 Å². The Bertz CT molecular complexity index is 693. The average Bonchev–Trinajstić information content (AvgIpc) is 2.94. The van der Waals surface area contributed by atoms with Crippen LogP contribution >= 0.6 is 0 Å². The van der Waals surface area contributed by atoms with Crippen LogP contribution in [-0.4, -0.2) is 50.3 Å². The minimum Gasteiger partial charge on any atom is -0.449 e. The van der Waals surface area contributed by atoms with Gasteiger partial charge in [0.2, 0.25) is 5.91 Å². The van der Waals surface area contributed by atoms with Crippen LogP contribution in [0.2, 0.25) is 0 Å². The van der Waals surface area contributed by atoms with Crippen LogP contribution in [0.1, 0.15) is 80.6 Å². The van der Waals surface area contributed by atoms with Gasteiger partial charge in [-0.05, 0) is 47.8 Å². The highest BCUT2D eigenvalue weighted by atomic mass is 16.5. The first-order valence-electron chi connectivity index (χ1n) is 12.1. The van der Waals surface area contributed by atoms with E-state index in [1.807, 2.05) is 0 Å². The predicted octanol–water partition coefficient (Wildman–Crippen LogP) is 5.94. The van der Waals surface area contributed by atoms with Crippen molar-refractivity contribution < 1.29 is 19.1 Å². The van der Waals surface area contributed by atoms with Crippen LogP contribution in [0.4, 0.5) is 4.79 Å². The maximum atomic E-state index is 12.3. The third-order valence-corrected chi connectivity index (χ3v) is 6.00. The highest BCUT2D eigenvalue weighted by Gasteiger charge is 2.31. The average molecular weight is 465 g/mol. The molecule has 6 nitrogen and oxygen atoms in total. The lowest BCUT2D eigenvalue weighted by Crippen LogP contribution is -2.35. The molecule has 0 radical (unpaired) electrons. The van der Waals surface area contributed by atoms with E-state index in [-0.39, 0.29) is 34.2 Å². The van der Waals surface area contributed by atoms with Crippen molar-refractivity contribution in [3.05, 3.63) is 24.4 Å². The molecule has 1 heterocycles. The highest BCUT2D eigenvalue weighted by Crippen LogP contribution is 2.35. The number of ether oxygens (including phenoxy) is 2. The molecule has 0 aromatic rings. The van der Waals surface area contributed by atoms with E-state index in [0.29, 0.717) is 32.7 Å². The molecule has 0 aliphatic carbocycles. The smallest absolute Gasteiger partial charge is 0.407 e. The van der Waals surface area contributed by atoms with Gasteiger partial charge in [0.05, 0.1) is 13.2 Å². The second kappa shape index (κ2) is 12.0. The van der Waals surface area contributed by atoms with Crippen LogP contribution in [0.25, 0.3) is 0 Å². The lowest BCUT2D eigenvalue weighted by molar-refractivity contribution is -0.126. The van der Waals surface area contributed by atoms with Crippen molar-refractivity contribution in [1.82, 2.24) is 10.2 Å². The molecule has 1 rings (SSSR count). The molecule has 33 heavy (non-hydrogen) atoms. The van der Waals surface area contributed by atoms with E-state index in [4.69, 9.17) is 9.47 Å². The lowest BCUT2D eigenvalue weighted by Gasteiger charge is -2.34. The molecular weight excluding hydrogens is 416 g/mol. The van der Waals surface area contributed by atoms with Crippen molar-refractivity contribution in [3.63, 3.8) is 0 Å². The summed E-state index contributed by atoms with van der Waals surface area (Å²) in [7, 11) is 1.71. The molecule has 0 aromatic heterocycles. The standard InChI is InChI=1S/C27H48N2O4/c1-20(13-25(4,5)14-21(2)16-29-22(3)11-12-23(29)30)15-28-24(31)33-19-27(8,9)17-26(6,7)18-32-10/h20H,2-3,11-19H2,1,4-10H3,(H,28,31). The summed E-state index contributed by atoms with van der Waals surface area (Å²) in [5.41, 5.74) is 1.84. The van der Waals surface area contributed by atoms with E-state index in [1.54, 1.807) is 12.0 Å². The largest absolute Gasteiger partial charge is 0.449 e. The van der Waals surface area contributed by atoms with Gasteiger partial charge in [0.25, 0.3) is 0 Å². The Morgan fingerprint density at radius 3 is 2.24 bits per heavy atom. The third-order valence-electron chi connectivity index (χ3n) is 6.00. The number of hydrogen-bond acceptors (Lipinski definition) is 4. The number of rotatable bonds is 14. The lowest BCUT2D eigenvalue weighted by atomic mass is 9.76. The summed E-state index contributed by atoms with van der Waals surface area (Å²) < 4.78 is 10.8. The summed E-state index contributed by atoms with van der Waals surface area (Å²) >= 11 is 0. The molecule has 1 N–H and O–H groups in total. The monoisotopic (exact) mass is 464 g/mol. The van der Waals surface area contributed by atoms with Gasteiger partial charge in [0.1, 0.15) is 0 Å². The summed E-state index contributed by atoms with van der Waals surface area (Å²) in [5, 5.41) is 2.92. The van der Waals surface area contributed by atoms with Crippen molar-refractivity contribution in [2.75, 3.05) is 33.4 Å². The van der Waals surface area contributed by atoms with Gasteiger partial charge in [-0.15, -0.1) is 0 Å². The Hall–Kier alpha value is -1.82. The van der Waals surface area contributed by atoms with Gasteiger partial charge in [-0.25, -0.2) is 4.79 Å². The summed E-state index contributed by atoms with van der Waals surface area (Å²) in [5.74, 6) is 0.429. The SMILES string of the molecule is C=C(CN1C(=C)CCC1=O)CC(C)(C)CC(C)CNC(=O)OCC(C)(C)CC(C)(C)COC. The molecular formula is C27H48N2O4. The van der Waals surface area contributed by atoms with Crippen LogP contribution in [0, 0.1) is 22.2 Å². The fraction of sp³-hybridized carbons (Fsp3) is 0.778. The van der Waals surface area contributed by atoms with E-state index in [1.165, 1.54) is 0 Å². The quantitative estimate of drug-likeness (QED) is 0.323. The molecule has 1 aliphatic rings. The number of alkyl carbamates (subject to hydrolysis) is 1. The van der Waals surface area contributed by atoms with Crippen LogP contribution in [-0.2, 0) is 14.3 Å². The number of carbonyl (C=O) groups excluding carboxylic acids is 2. The normalized spacial score (nSPS) is 16.2. The minimum absolute atomic E-state index is 0.0150. The van der Waals surface area contributed by atoms with Crippen molar-refractivity contribution in [3.8, 4) is 0 Å². The van der Waals surface area contributed by atoms with Gasteiger partial charge in [-0.3, -0.25) is 4.79 Å². The zero-order chi connectivity index (χ0) is 25.4.